The molecule has 124 valence electrons. The first-order valence-corrected chi connectivity index (χ1v) is 9.18. The first-order chi connectivity index (χ1) is 10.2. The summed E-state index contributed by atoms with van der Waals surface area (Å²) in [5.41, 5.74) is 6.59. The predicted molar refractivity (Wildman–Crippen MR) is 89.4 cm³/mol. The van der Waals surface area contributed by atoms with E-state index in [2.05, 4.69) is 11.8 Å². The van der Waals surface area contributed by atoms with Crippen LogP contribution in [0.4, 0.5) is 0 Å². The van der Waals surface area contributed by atoms with E-state index in [0.717, 1.165) is 25.0 Å². The molecule has 0 radical (unpaired) electrons. The molecule has 0 amide bonds. The Kier molecular flexibility index (Phi) is 6.97. The van der Waals surface area contributed by atoms with E-state index >= 15 is 0 Å². The van der Waals surface area contributed by atoms with Crippen LogP contribution in [0.1, 0.15) is 64.7 Å². The van der Waals surface area contributed by atoms with Gasteiger partial charge < -0.3 is 10.5 Å². The summed E-state index contributed by atoms with van der Waals surface area (Å²) in [7, 11) is 1.83. The number of piperidine rings is 1. The van der Waals surface area contributed by atoms with Crippen LogP contribution in [0.15, 0.2) is 0 Å². The quantitative estimate of drug-likeness (QED) is 0.763. The Bertz CT molecular complexity index is 289. The van der Waals surface area contributed by atoms with Crippen molar-refractivity contribution in [2.75, 3.05) is 33.4 Å². The lowest BCUT2D eigenvalue weighted by Gasteiger charge is -2.46. The molecule has 3 nitrogen and oxygen atoms in total. The Morgan fingerprint density at radius 3 is 2.48 bits per heavy atom. The van der Waals surface area contributed by atoms with Crippen LogP contribution in [-0.2, 0) is 4.74 Å². The third-order valence-electron chi connectivity index (χ3n) is 6.04. The molecule has 0 aromatic heterocycles. The molecule has 2 aliphatic rings. The number of rotatable bonds is 6. The molecule has 0 bridgehead atoms. The van der Waals surface area contributed by atoms with Crippen molar-refractivity contribution >= 4 is 0 Å². The van der Waals surface area contributed by atoms with Crippen LogP contribution in [0.2, 0.25) is 0 Å². The molecule has 3 heteroatoms. The molecule has 1 saturated heterocycles. The van der Waals surface area contributed by atoms with Crippen molar-refractivity contribution in [2.45, 2.75) is 70.3 Å². The predicted octanol–water partition coefficient (Wildman–Crippen LogP) is 3.42. The normalized spacial score (nSPS) is 33.0. The summed E-state index contributed by atoms with van der Waals surface area (Å²) >= 11 is 0. The Balaban J connectivity index is 1.92. The van der Waals surface area contributed by atoms with Gasteiger partial charge in [0, 0.05) is 25.8 Å². The van der Waals surface area contributed by atoms with E-state index in [1.165, 1.54) is 70.9 Å². The van der Waals surface area contributed by atoms with E-state index in [-0.39, 0.29) is 0 Å². The molecule has 0 aromatic carbocycles. The Morgan fingerprint density at radius 2 is 1.86 bits per heavy atom. The molecule has 2 unspecified atom stereocenters. The number of nitrogens with zero attached hydrogens (tertiary/aromatic N) is 1. The first kappa shape index (κ1) is 17.2. The molecule has 1 aliphatic heterocycles. The summed E-state index contributed by atoms with van der Waals surface area (Å²) in [4.78, 5) is 2.74. The maximum Gasteiger partial charge on any atom is 0.0491 e. The number of hydrogen-bond acceptors (Lipinski definition) is 3. The smallest absolute Gasteiger partial charge is 0.0491 e. The Morgan fingerprint density at radius 1 is 1.10 bits per heavy atom. The standard InChI is InChI=1S/C18H36N2O/c1-3-5-16-6-4-10-18(15-19,11-7-16)20-12-8-17(9-13-20)14-21-2/h16-17H,3-15,19H2,1-2H3. The topological polar surface area (TPSA) is 38.5 Å². The minimum atomic E-state index is 0.306. The maximum absolute atomic E-state index is 6.28. The van der Waals surface area contributed by atoms with E-state index in [1.807, 2.05) is 7.11 Å². The van der Waals surface area contributed by atoms with Gasteiger partial charge in [0.2, 0.25) is 0 Å². The molecule has 2 fully saturated rings. The molecule has 1 heterocycles. The highest BCUT2D eigenvalue weighted by molar-refractivity contribution is 4.96. The van der Waals surface area contributed by atoms with Crippen molar-refractivity contribution in [3.63, 3.8) is 0 Å². The van der Waals surface area contributed by atoms with E-state index in [9.17, 15) is 0 Å². The second-order valence-corrected chi connectivity index (χ2v) is 7.40. The van der Waals surface area contributed by atoms with E-state index in [4.69, 9.17) is 10.5 Å². The minimum Gasteiger partial charge on any atom is -0.384 e. The lowest BCUT2D eigenvalue weighted by atomic mass is 9.84. The van der Waals surface area contributed by atoms with Gasteiger partial charge in [0.15, 0.2) is 0 Å². The fourth-order valence-corrected chi connectivity index (χ4v) is 4.62. The van der Waals surface area contributed by atoms with Crippen molar-refractivity contribution in [2.24, 2.45) is 17.6 Å². The molecule has 2 atom stereocenters. The van der Waals surface area contributed by atoms with E-state index < -0.39 is 0 Å². The number of hydrogen-bond donors (Lipinski definition) is 1. The van der Waals surface area contributed by atoms with Gasteiger partial charge in [0.05, 0.1) is 0 Å². The van der Waals surface area contributed by atoms with Crippen LogP contribution in [-0.4, -0.2) is 43.8 Å². The van der Waals surface area contributed by atoms with E-state index in [0.29, 0.717) is 5.54 Å². The molecule has 1 aliphatic carbocycles. The van der Waals surface area contributed by atoms with Gasteiger partial charge in [0.1, 0.15) is 0 Å². The summed E-state index contributed by atoms with van der Waals surface area (Å²) in [6.07, 6.45) is 12.2. The molecule has 2 N–H and O–H groups in total. The fourth-order valence-electron chi connectivity index (χ4n) is 4.62. The van der Waals surface area contributed by atoms with Gasteiger partial charge in [-0.25, -0.2) is 0 Å². The lowest BCUT2D eigenvalue weighted by molar-refractivity contribution is 0.0243. The summed E-state index contributed by atoms with van der Waals surface area (Å²) < 4.78 is 5.33. The van der Waals surface area contributed by atoms with Gasteiger partial charge in [-0.1, -0.05) is 32.6 Å². The fraction of sp³-hybridized carbons (Fsp3) is 1.00. The van der Waals surface area contributed by atoms with Crippen molar-refractivity contribution in [3.05, 3.63) is 0 Å². The number of ether oxygens (including phenoxy) is 1. The molecular weight excluding hydrogens is 260 g/mol. The van der Waals surface area contributed by atoms with Crippen molar-refractivity contribution in [1.29, 1.82) is 0 Å². The SMILES string of the molecule is CCCC1CCCC(CN)(N2CCC(COC)CC2)CC1. The van der Waals surface area contributed by atoms with Crippen molar-refractivity contribution in [1.82, 2.24) is 4.90 Å². The molecule has 0 spiro atoms. The highest BCUT2D eigenvalue weighted by Gasteiger charge is 2.38. The van der Waals surface area contributed by atoms with Crippen LogP contribution in [0.5, 0.6) is 0 Å². The molecule has 2 rings (SSSR count). The summed E-state index contributed by atoms with van der Waals surface area (Å²) in [5, 5.41) is 0. The summed E-state index contributed by atoms with van der Waals surface area (Å²) in [6, 6.07) is 0. The Labute approximate surface area is 131 Å². The molecule has 21 heavy (non-hydrogen) atoms. The summed E-state index contributed by atoms with van der Waals surface area (Å²) in [5.74, 6) is 1.72. The van der Waals surface area contributed by atoms with Gasteiger partial charge in [0.25, 0.3) is 0 Å². The number of nitrogens with two attached hydrogens (primary N) is 1. The van der Waals surface area contributed by atoms with Crippen molar-refractivity contribution < 1.29 is 4.74 Å². The molecular formula is C18H36N2O. The first-order valence-electron chi connectivity index (χ1n) is 9.18. The van der Waals surface area contributed by atoms with Crippen LogP contribution in [0.25, 0.3) is 0 Å². The second kappa shape index (κ2) is 8.50. The summed E-state index contributed by atoms with van der Waals surface area (Å²) in [6.45, 7) is 6.55. The zero-order valence-electron chi connectivity index (χ0n) is 14.3. The number of likely N-dealkylation sites (tertiary alicyclic amines) is 1. The van der Waals surface area contributed by atoms with Crippen LogP contribution < -0.4 is 5.73 Å². The van der Waals surface area contributed by atoms with Gasteiger partial charge in [-0.05, 0) is 57.0 Å². The van der Waals surface area contributed by atoms with Crippen molar-refractivity contribution in [3.8, 4) is 0 Å². The highest BCUT2D eigenvalue weighted by Crippen LogP contribution is 2.37. The zero-order chi connectivity index (χ0) is 15.1. The average Bonchev–Trinajstić information content (AvgIpc) is 2.72. The average molecular weight is 296 g/mol. The third-order valence-corrected chi connectivity index (χ3v) is 6.04. The van der Waals surface area contributed by atoms with Gasteiger partial charge in [-0.3, -0.25) is 4.90 Å². The van der Waals surface area contributed by atoms with Gasteiger partial charge in [-0.2, -0.15) is 0 Å². The lowest BCUT2D eigenvalue weighted by Crippen LogP contribution is -2.56. The third kappa shape index (κ3) is 4.43. The van der Waals surface area contributed by atoms with Crippen LogP contribution >= 0.6 is 0 Å². The Hall–Kier alpha value is -0.120. The maximum atomic E-state index is 6.28. The largest absolute Gasteiger partial charge is 0.384 e. The van der Waals surface area contributed by atoms with E-state index in [1.54, 1.807) is 0 Å². The minimum absolute atomic E-state index is 0.306. The van der Waals surface area contributed by atoms with Crippen LogP contribution in [0, 0.1) is 11.8 Å². The molecule has 0 aromatic rings. The number of methoxy groups -OCH3 is 1. The van der Waals surface area contributed by atoms with Crippen LogP contribution in [0.3, 0.4) is 0 Å². The zero-order valence-corrected chi connectivity index (χ0v) is 14.3. The van der Waals surface area contributed by atoms with Gasteiger partial charge >= 0.3 is 0 Å². The second-order valence-electron chi connectivity index (χ2n) is 7.40. The van der Waals surface area contributed by atoms with Gasteiger partial charge in [-0.15, -0.1) is 0 Å². The molecule has 1 saturated carbocycles. The monoisotopic (exact) mass is 296 g/mol. The highest BCUT2D eigenvalue weighted by atomic mass is 16.5.